The smallest absolute Gasteiger partial charge is 0.306 e. The number of carbonyl (C=O) groups is 1. The van der Waals surface area contributed by atoms with Crippen LogP contribution in [0.4, 0.5) is 0 Å². The highest BCUT2D eigenvalue weighted by Crippen LogP contribution is 2.25. The van der Waals surface area contributed by atoms with Crippen LogP contribution in [0.2, 0.25) is 0 Å². The quantitative estimate of drug-likeness (QED) is 0.156. The van der Waals surface area contributed by atoms with Gasteiger partial charge in [0.15, 0.2) is 0 Å². The van der Waals surface area contributed by atoms with E-state index in [0.717, 1.165) is 19.3 Å². The van der Waals surface area contributed by atoms with Crippen molar-refractivity contribution in [1.29, 1.82) is 0 Å². The van der Waals surface area contributed by atoms with Crippen LogP contribution in [0.25, 0.3) is 0 Å². The molecule has 1 N–H and O–H groups in total. The van der Waals surface area contributed by atoms with E-state index in [9.17, 15) is 9.90 Å². The summed E-state index contributed by atoms with van der Waals surface area (Å²) < 4.78 is 0. The van der Waals surface area contributed by atoms with E-state index in [1.807, 2.05) is 0 Å². The molecule has 0 amide bonds. The Morgan fingerprint density at radius 3 is 1.17 bits per heavy atom. The zero-order chi connectivity index (χ0) is 22.3. The lowest BCUT2D eigenvalue weighted by molar-refractivity contribution is -0.143. The zero-order valence-electron chi connectivity index (χ0n) is 21.1. The highest BCUT2D eigenvalue weighted by Gasteiger charge is 2.23. The maximum atomic E-state index is 11.7. The Kier molecular flexibility index (Phi) is 22.7. The summed E-state index contributed by atoms with van der Waals surface area (Å²) in [6.45, 7) is 6.71. The molecule has 0 aliphatic heterocycles. The van der Waals surface area contributed by atoms with Gasteiger partial charge in [-0.3, -0.25) is 4.79 Å². The van der Waals surface area contributed by atoms with Crippen molar-refractivity contribution >= 4 is 5.97 Å². The van der Waals surface area contributed by atoms with Crippen LogP contribution in [0, 0.1) is 11.8 Å². The Bertz CT molecular complexity index is 353. The second kappa shape index (κ2) is 23.1. The van der Waals surface area contributed by atoms with Crippen LogP contribution in [0.3, 0.4) is 0 Å². The SMILES string of the molecule is CCCCCCCCCCCCCC(C(=O)O)C(C)CCCCCCCCCCC. The molecular weight excluding hydrogens is 368 g/mol. The standard InChI is InChI=1S/C28H56O2/c1-4-6-8-10-12-14-15-17-19-21-23-25-27(28(29)30)26(3)24-22-20-18-16-13-11-9-7-5-2/h26-27H,4-25H2,1-3H3,(H,29,30). The highest BCUT2D eigenvalue weighted by atomic mass is 16.4. The molecule has 0 saturated heterocycles. The maximum Gasteiger partial charge on any atom is 0.306 e. The lowest BCUT2D eigenvalue weighted by Crippen LogP contribution is -2.21. The van der Waals surface area contributed by atoms with E-state index in [-0.39, 0.29) is 5.92 Å². The third-order valence-electron chi connectivity index (χ3n) is 6.89. The molecule has 2 heteroatoms. The Balaban J connectivity index is 3.63. The van der Waals surface area contributed by atoms with Crippen LogP contribution in [0.15, 0.2) is 0 Å². The van der Waals surface area contributed by atoms with Gasteiger partial charge in [-0.1, -0.05) is 149 Å². The first-order valence-electron chi connectivity index (χ1n) is 13.9. The number of aliphatic carboxylic acids is 1. The molecule has 0 aromatic carbocycles. The first kappa shape index (κ1) is 29.5. The highest BCUT2D eigenvalue weighted by molar-refractivity contribution is 5.70. The number of hydrogen-bond acceptors (Lipinski definition) is 1. The Labute approximate surface area is 190 Å². The number of hydrogen-bond donors (Lipinski definition) is 1. The van der Waals surface area contributed by atoms with Crippen molar-refractivity contribution in [2.45, 2.75) is 162 Å². The topological polar surface area (TPSA) is 37.3 Å². The minimum Gasteiger partial charge on any atom is -0.481 e. The van der Waals surface area contributed by atoms with E-state index in [4.69, 9.17) is 0 Å². The van der Waals surface area contributed by atoms with Crippen molar-refractivity contribution in [3.05, 3.63) is 0 Å². The molecule has 0 radical (unpaired) electrons. The van der Waals surface area contributed by atoms with Crippen molar-refractivity contribution in [3.8, 4) is 0 Å². The lowest BCUT2D eigenvalue weighted by atomic mass is 9.85. The van der Waals surface area contributed by atoms with Gasteiger partial charge in [-0.15, -0.1) is 0 Å². The van der Waals surface area contributed by atoms with Crippen LogP contribution in [0.1, 0.15) is 162 Å². The summed E-state index contributed by atoms with van der Waals surface area (Å²) in [4.78, 5) is 11.7. The van der Waals surface area contributed by atoms with Crippen LogP contribution in [-0.4, -0.2) is 11.1 Å². The van der Waals surface area contributed by atoms with Gasteiger partial charge in [0.1, 0.15) is 0 Å². The minimum atomic E-state index is -0.564. The third-order valence-corrected chi connectivity index (χ3v) is 6.89. The average molecular weight is 425 g/mol. The van der Waals surface area contributed by atoms with Crippen molar-refractivity contribution in [2.24, 2.45) is 11.8 Å². The fourth-order valence-electron chi connectivity index (χ4n) is 4.66. The molecule has 0 aliphatic carbocycles. The minimum absolute atomic E-state index is 0.127. The van der Waals surface area contributed by atoms with Gasteiger partial charge < -0.3 is 5.11 Å². The summed E-state index contributed by atoms with van der Waals surface area (Å²) in [6.07, 6.45) is 28.6. The molecule has 0 heterocycles. The van der Waals surface area contributed by atoms with Gasteiger partial charge in [-0.25, -0.2) is 0 Å². The molecule has 0 bridgehead atoms. The van der Waals surface area contributed by atoms with Gasteiger partial charge in [-0.2, -0.15) is 0 Å². The average Bonchev–Trinajstić information content (AvgIpc) is 2.73. The fourth-order valence-corrected chi connectivity index (χ4v) is 4.66. The van der Waals surface area contributed by atoms with Crippen LogP contribution < -0.4 is 0 Å². The van der Waals surface area contributed by atoms with Crippen molar-refractivity contribution in [3.63, 3.8) is 0 Å². The predicted octanol–water partition coefficient (Wildman–Crippen LogP) is 9.95. The van der Waals surface area contributed by atoms with Gasteiger partial charge in [-0.05, 0) is 18.8 Å². The molecule has 2 nitrogen and oxygen atoms in total. The monoisotopic (exact) mass is 424 g/mol. The van der Waals surface area contributed by atoms with Gasteiger partial charge in [0.2, 0.25) is 0 Å². The molecule has 180 valence electrons. The molecule has 30 heavy (non-hydrogen) atoms. The summed E-state index contributed by atoms with van der Waals surface area (Å²) in [5.74, 6) is -0.363. The zero-order valence-corrected chi connectivity index (χ0v) is 21.1. The molecule has 0 aromatic heterocycles. The van der Waals surface area contributed by atoms with Crippen molar-refractivity contribution in [2.75, 3.05) is 0 Å². The van der Waals surface area contributed by atoms with Crippen molar-refractivity contribution < 1.29 is 9.90 Å². The first-order chi connectivity index (χ1) is 14.6. The van der Waals surface area contributed by atoms with E-state index in [0.29, 0.717) is 5.92 Å². The maximum absolute atomic E-state index is 11.7. The van der Waals surface area contributed by atoms with E-state index in [1.54, 1.807) is 0 Å². The number of carboxylic acid groups (broad SMARTS) is 1. The van der Waals surface area contributed by atoms with E-state index < -0.39 is 5.97 Å². The molecule has 2 unspecified atom stereocenters. The van der Waals surface area contributed by atoms with Gasteiger partial charge in [0.05, 0.1) is 5.92 Å². The van der Waals surface area contributed by atoms with Crippen LogP contribution in [-0.2, 0) is 4.79 Å². The third kappa shape index (κ3) is 19.4. The summed E-state index contributed by atoms with van der Waals surface area (Å²) in [6, 6.07) is 0. The van der Waals surface area contributed by atoms with Crippen LogP contribution in [0.5, 0.6) is 0 Å². The molecule has 0 aromatic rings. The lowest BCUT2D eigenvalue weighted by Gasteiger charge is -2.20. The molecule has 2 atom stereocenters. The predicted molar refractivity (Wildman–Crippen MR) is 133 cm³/mol. The molecule has 0 spiro atoms. The molecular formula is C28H56O2. The van der Waals surface area contributed by atoms with Crippen molar-refractivity contribution in [1.82, 2.24) is 0 Å². The first-order valence-corrected chi connectivity index (χ1v) is 13.9. The summed E-state index contributed by atoms with van der Waals surface area (Å²) in [7, 11) is 0. The number of rotatable bonds is 24. The van der Waals surface area contributed by atoms with Gasteiger partial charge >= 0.3 is 5.97 Å². The molecule has 0 fully saturated rings. The molecule has 0 aliphatic rings. The Morgan fingerprint density at radius 1 is 0.533 bits per heavy atom. The summed E-state index contributed by atoms with van der Waals surface area (Å²) in [5.41, 5.74) is 0. The normalized spacial score (nSPS) is 13.4. The van der Waals surface area contributed by atoms with Crippen LogP contribution >= 0.6 is 0 Å². The fraction of sp³-hybridized carbons (Fsp3) is 0.964. The van der Waals surface area contributed by atoms with E-state index >= 15 is 0 Å². The number of carboxylic acids is 1. The Morgan fingerprint density at radius 2 is 0.833 bits per heavy atom. The molecule has 0 saturated carbocycles. The second-order valence-electron chi connectivity index (χ2n) is 9.86. The number of unbranched alkanes of at least 4 members (excludes halogenated alkanes) is 18. The van der Waals surface area contributed by atoms with Gasteiger partial charge in [0, 0.05) is 0 Å². The second-order valence-corrected chi connectivity index (χ2v) is 9.86. The largest absolute Gasteiger partial charge is 0.481 e. The van der Waals surface area contributed by atoms with E-state index in [2.05, 4.69) is 20.8 Å². The van der Waals surface area contributed by atoms with Gasteiger partial charge in [0.25, 0.3) is 0 Å². The van der Waals surface area contributed by atoms with E-state index in [1.165, 1.54) is 122 Å². The Hall–Kier alpha value is -0.530. The summed E-state index contributed by atoms with van der Waals surface area (Å²) >= 11 is 0. The summed E-state index contributed by atoms with van der Waals surface area (Å²) in [5, 5.41) is 9.65. The molecule has 0 rings (SSSR count).